The van der Waals surface area contributed by atoms with Gasteiger partial charge in [0.2, 0.25) is 5.91 Å². The van der Waals surface area contributed by atoms with E-state index in [0.717, 1.165) is 5.82 Å². The molecule has 1 heterocycles. The molecule has 1 atom stereocenters. The molecule has 9 nitrogen and oxygen atoms in total. The summed E-state index contributed by atoms with van der Waals surface area (Å²) in [7, 11) is 3.21. The van der Waals surface area contributed by atoms with Crippen LogP contribution in [0.3, 0.4) is 0 Å². The highest BCUT2D eigenvalue weighted by Crippen LogP contribution is 2.30. The van der Waals surface area contributed by atoms with E-state index in [1.54, 1.807) is 11.5 Å². The van der Waals surface area contributed by atoms with Crippen LogP contribution in [0.25, 0.3) is 0 Å². The molecule has 0 aliphatic rings. The molecule has 1 amide bonds. The summed E-state index contributed by atoms with van der Waals surface area (Å²) in [5, 5.41) is 21.6. The van der Waals surface area contributed by atoms with Gasteiger partial charge >= 0.3 is 0 Å². The standard InChI is InChI=1S/C14H17N5O4S/c1-8(24-14-17-16-9(2)18(14)3)13(20)15-11-6-5-10(19(21)22)7-12(11)23-4/h5-8H,1-4H3,(H,15,20)/t8-/m0/s1. The summed E-state index contributed by atoms with van der Waals surface area (Å²) in [4.78, 5) is 22.6. The number of carbonyl (C=O) groups is 1. The second kappa shape index (κ2) is 7.30. The van der Waals surface area contributed by atoms with Crippen LogP contribution < -0.4 is 10.1 Å². The molecule has 0 spiro atoms. The Labute approximate surface area is 142 Å². The van der Waals surface area contributed by atoms with Gasteiger partial charge in [-0.1, -0.05) is 11.8 Å². The third kappa shape index (κ3) is 3.82. The lowest BCUT2D eigenvalue weighted by atomic mass is 10.2. The number of nitrogens with one attached hydrogen (secondary N) is 1. The number of thioether (sulfide) groups is 1. The lowest BCUT2D eigenvalue weighted by molar-refractivity contribution is -0.384. The van der Waals surface area contributed by atoms with E-state index in [9.17, 15) is 14.9 Å². The summed E-state index contributed by atoms with van der Waals surface area (Å²) < 4.78 is 6.90. The molecule has 0 saturated carbocycles. The summed E-state index contributed by atoms with van der Waals surface area (Å²) in [5.74, 6) is 0.708. The Bertz CT molecular complexity index is 777. The van der Waals surface area contributed by atoms with Crippen molar-refractivity contribution in [2.75, 3.05) is 12.4 Å². The maximum absolute atomic E-state index is 12.3. The lowest BCUT2D eigenvalue weighted by Crippen LogP contribution is -2.23. The zero-order valence-electron chi connectivity index (χ0n) is 13.6. The molecule has 0 unspecified atom stereocenters. The van der Waals surface area contributed by atoms with E-state index >= 15 is 0 Å². The third-order valence-corrected chi connectivity index (χ3v) is 4.49. The number of nitrogens with zero attached hydrogens (tertiary/aromatic N) is 4. The Morgan fingerprint density at radius 1 is 1.46 bits per heavy atom. The van der Waals surface area contributed by atoms with Crippen molar-refractivity contribution >= 4 is 29.0 Å². The molecular weight excluding hydrogens is 334 g/mol. The number of nitro groups is 1. The van der Waals surface area contributed by atoms with Gasteiger partial charge in [0, 0.05) is 13.1 Å². The van der Waals surface area contributed by atoms with Gasteiger partial charge in [-0.25, -0.2) is 0 Å². The van der Waals surface area contributed by atoms with Gasteiger partial charge in [0.15, 0.2) is 5.16 Å². The van der Waals surface area contributed by atoms with Crippen LogP contribution in [0.2, 0.25) is 0 Å². The number of benzene rings is 1. The second-order valence-corrected chi connectivity index (χ2v) is 6.29. The zero-order valence-corrected chi connectivity index (χ0v) is 14.5. The fourth-order valence-electron chi connectivity index (χ4n) is 1.83. The van der Waals surface area contributed by atoms with Gasteiger partial charge in [-0.05, 0) is 19.9 Å². The minimum absolute atomic E-state index is 0.109. The van der Waals surface area contributed by atoms with Crippen molar-refractivity contribution in [3.8, 4) is 5.75 Å². The first-order chi connectivity index (χ1) is 11.3. The topological polar surface area (TPSA) is 112 Å². The molecule has 0 aliphatic carbocycles. The van der Waals surface area contributed by atoms with E-state index in [1.165, 1.54) is 37.1 Å². The Balaban J connectivity index is 2.11. The van der Waals surface area contributed by atoms with Crippen LogP contribution in [-0.4, -0.2) is 38.0 Å². The van der Waals surface area contributed by atoms with E-state index in [1.807, 2.05) is 14.0 Å². The van der Waals surface area contributed by atoms with Crippen molar-refractivity contribution in [1.82, 2.24) is 14.8 Å². The van der Waals surface area contributed by atoms with Crippen LogP contribution in [0.4, 0.5) is 11.4 Å². The van der Waals surface area contributed by atoms with Crippen LogP contribution in [-0.2, 0) is 11.8 Å². The maximum Gasteiger partial charge on any atom is 0.273 e. The molecular formula is C14H17N5O4S. The highest BCUT2D eigenvalue weighted by atomic mass is 32.2. The van der Waals surface area contributed by atoms with Gasteiger partial charge in [-0.2, -0.15) is 0 Å². The first-order valence-electron chi connectivity index (χ1n) is 6.99. The molecule has 0 saturated heterocycles. The van der Waals surface area contributed by atoms with E-state index in [-0.39, 0.29) is 17.3 Å². The van der Waals surface area contributed by atoms with E-state index in [0.29, 0.717) is 10.8 Å². The number of ether oxygens (including phenoxy) is 1. The Morgan fingerprint density at radius 3 is 2.71 bits per heavy atom. The predicted octanol–water partition coefficient (Wildman–Crippen LogP) is 2.16. The largest absolute Gasteiger partial charge is 0.494 e. The van der Waals surface area contributed by atoms with E-state index in [2.05, 4.69) is 15.5 Å². The number of non-ortho nitro benzene ring substituents is 1. The summed E-state index contributed by atoms with van der Waals surface area (Å²) in [6.07, 6.45) is 0. The van der Waals surface area contributed by atoms with Crippen LogP contribution >= 0.6 is 11.8 Å². The number of anilines is 1. The summed E-state index contributed by atoms with van der Waals surface area (Å²) >= 11 is 1.27. The molecule has 2 rings (SSSR count). The van der Waals surface area contributed by atoms with Crippen LogP contribution in [0.5, 0.6) is 5.75 Å². The molecule has 0 aliphatic heterocycles. The highest BCUT2D eigenvalue weighted by molar-refractivity contribution is 8.00. The molecule has 2 aromatic rings. The summed E-state index contributed by atoms with van der Waals surface area (Å²) in [6, 6.07) is 4.01. The molecule has 10 heteroatoms. The monoisotopic (exact) mass is 351 g/mol. The Hall–Kier alpha value is -2.62. The average molecular weight is 351 g/mol. The minimum atomic E-state index is -0.525. The minimum Gasteiger partial charge on any atom is -0.494 e. The number of aryl methyl sites for hydroxylation is 1. The SMILES string of the molecule is COc1cc([N+](=O)[O-])ccc1NC(=O)[C@H](C)Sc1nnc(C)n1C. The molecule has 1 aromatic carbocycles. The number of aromatic nitrogens is 3. The summed E-state index contributed by atoms with van der Waals surface area (Å²) in [6.45, 7) is 3.56. The molecule has 1 aromatic heterocycles. The number of amides is 1. The first kappa shape index (κ1) is 17.7. The van der Waals surface area contributed by atoms with Gasteiger partial charge in [-0.3, -0.25) is 14.9 Å². The zero-order chi connectivity index (χ0) is 17.9. The van der Waals surface area contributed by atoms with Crippen LogP contribution in [0, 0.1) is 17.0 Å². The van der Waals surface area contributed by atoms with Gasteiger partial charge in [-0.15, -0.1) is 10.2 Å². The molecule has 0 fully saturated rings. The molecule has 1 N–H and O–H groups in total. The van der Waals surface area contributed by atoms with Crippen molar-refractivity contribution in [1.29, 1.82) is 0 Å². The average Bonchev–Trinajstić information content (AvgIpc) is 2.86. The Kier molecular flexibility index (Phi) is 5.39. The number of carbonyl (C=O) groups excluding carboxylic acids is 1. The van der Waals surface area contributed by atoms with Gasteiger partial charge in [0.25, 0.3) is 5.69 Å². The predicted molar refractivity (Wildman–Crippen MR) is 89.3 cm³/mol. The maximum atomic E-state index is 12.3. The normalized spacial score (nSPS) is 11.8. The molecule has 128 valence electrons. The van der Waals surface area contributed by atoms with Crippen LogP contribution in [0.15, 0.2) is 23.4 Å². The fourth-order valence-corrected chi connectivity index (χ4v) is 2.69. The lowest BCUT2D eigenvalue weighted by Gasteiger charge is -2.13. The van der Waals surface area contributed by atoms with Gasteiger partial charge in [0.1, 0.15) is 11.6 Å². The first-order valence-corrected chi connectivity index (χ1v) is 7.87. The molecule has 24 heavy (non-hydrogen) atoms. The van der Waals surface area contributed by atoms with Crippen molar-refractivity contribution in [2.24, 2.45) is 7.05 Å². The number of hydrogen-bond acceptors (Lipinski definition) is 7. The third-order valence-electron chi connectivity index (χ3n) is 3.36. The van der Waals surface area contributed by atoms with E-state index < -0.39 is 10.2 Å². The van der Waals surface area contributed by atoms with Crippen molar-refractivity contribution < 1.29 is 14.5 Å². The number of rotatable bonds is 6. The van der Waals surface area contributed by atoms with E-state index in [4.69, 9.17) is 4.74 Å². The Morgan fingerprint density at radius 2 is 2.17 bits per heavy atom. The van der Waals surface area contributed by atoms with Crippen molar-refractivity contribution in [3.63, 3.8) is 0 Å². The number of nitro benzene ring substituents is 1. The highest BCUT2D eigenvalue weighted by Gasteiger charge is 2.20. The summed E-state index contributed by atoms with van der Waals surface area (Å²) in [5.41, 5.74) is 0.261. The van der Waals surface area contributed by atoms with Crippen LogP contribution in [0.1, 0.15) is 12.7 Å². The number of methoxy groups -OCH3 is 1. The van der Waals surface area contributed by atoms with Gasteiger partial charge < -0.3 is 14.6 Å². The fraction of sp³-hybridized carbons (Fsp3) is 0.357. The quantitative estimate of drug-likeness (QED) is 0.482. The molecule has 0 radical (unpaired) electrons. The van der Waals surface area contributed by atoms with Gasteiger partial charge in [0.05, 0.1) is 29.0 Å². The smallest absolute Gasteiger partial charge is 0.273 e. The molecule has 0 bridgehead atoms. The number of hydrogen-bond donors (Lipinski definition) is 1. The second-order valence-electron chi connectivity index (χ2n) is 4.98. The van der Waals surface area contributed by atoms with Crippen molar-refractivity contribution in [3.05, 3.63) is 34.1 Å². The van der Waals surface area contributed by atoms with Crippen molar-refractivity contribution in [2.45, 2.75) is 24.3 Å².